The molecule has 3 rings (SSSR count). The third-order valence-electron chi connectivity index (χ3n) is 4.19. The molecule has 0 bridgehead atoms. The Bertz CT molecular complexity index is 920. The second kappa shape index (κ2) is 7.44. The van der Waals surface area contributed by atoms with Gasteiger partial charge in [0.1, 0.15) is 12.7 Å². The standard InChI is InChI=1S/C19H21N2O3P/c1-2-8-20-9-5-17(6-10-20)18-4-3-16-7-11-21(15-19(16)14-18)12-13-25(22,23)24/h3-7,9-11,14-15H,2,8,12-13H2,1H3/p+2. The summed E-state index contributed by atoms with van der Waals surface area (Å²) in [7, 11) is -3.98. The van der Waals surface area contributed by atoms with Gasteiger partial charge < -0.3 is 9.79 Å². The van der Waals surface area contributed by atoms with Gasteiger partial charge >= 0.3 is 7.60 Å². The highest BCUT2D eigenvalue weighted by atomic mass is 31.2. The molecule has 0 unspecified atom stereocenters. The molecule has 0 aliphatic heterocycles. The Morgan fingerprint density at radius 1 is 0.880 bits per heavy atom. The predicted molar refractivity (Wildman–Crippen MR) is 97.0 cm³/mol. The molecule has 1 aromatic carbocycles. The number of hydrogen-bond donors (Lipinski definition) is 2. The average molecular weight is 358 g/mol. The number of aryl methyl sites for hydroxylation is 2. The lowest BCUT2D eigenvalue weighted by molar-refractivity contribution is -0.696. The highest BCUT2D eigenvalue weighted by molar-refractivity contribution is 7.51. The first-order valence-corrected chi connectivity index (χ1v) is 10.2. The van der Waals surface area contributed by atoms with Gasteiger partial charge in [0.25, 0.3) is 0 Å². The van der Waals surface area contributed by atoms with Crippen molar-refractivity contribution < 1.29 is 23.5 Å². The van der Waals surface area contributed by atoms with Gasteiger partial charge in [-0.15, -0.1) is 0 Å². The van der Waals surface area contributed by atoms with E-state index in [0.717, 1.165) is 34.9 Å². The van der Waals surface area contributed by atoms with Crippen LogP contribution in [0, 0.1) is 0 Å². The molecule has 0 amide bonds. The van der Waals surface area contributed by atoms with Crippen molar-refractivity contribution in [1.29, 1.82) is 0 Å². The highest BCUT2D eigenvalue weighted by Gasteiger charge is 2.16. The van der Waals surface area contributed by atoms with Gasteiger partial charge in [-0.25, -0.2) is 9.13 Å². The zero-order chi connectivity index (χ0) is 17.9. The first kappa shape index (κ1) is 17.7. The van der Waals surface area contributed by atoms with Gasteiger partial charge in [0.2, 0.25) is 0 Å². The molecular formula is C19H23N2O3P+2. The molecule has 2 heterocycles. The van der Waals surface area contributed by atoms with E-state index in [-0.39, 0.29) is 6.16 Å². The summed E-state index contributed by atoms with van der Waals surface area (Å²) in [6.07, 6.45) is 8.93. The smallest absolute Gasteiger partial charge is 0.324 e. The van der Waals surface area contributed by atoms with Crippen molar-refractivity contribution in [2.45, 2.75) is 26.4 Å². The van der Waals surface area contributed by atoms with Gasteiger partial charge in [-0.05, 0) is 22.6 Å². The number of hydrogen-bond acceptors (Lipinski definition) is 1. The van der Waals surface area contributed by atoms with Crippen molar-refractivity contribution in [2.75, 3.05) is 6.16 Å². The van der Waals surface area contributed by atoms with Crippen molar-refractivity contribution in [3.63, 3.8) is 0 Å². The van der Waals surface area contributed by atoms with Gasteiger partial charge in [-0.3, -0.25) is 4.57 Å². The zero-order valence-electron chi connectivity index (χ0n) is 14.2. The zero-order valence-corrected chi connectivity index (χ0v) is 15.1. The summed E-state index contributed by atoms with van der Waals surface area (Å²) in [4.78, 5) is 18.1. The van der Waals surface area contributed by atoms with E-state index in [2.05, 4.69) is 54.2 Å². The summed E-state index contributed by atoms with van der Waals surface area (Å²) in [6, 6.07) is 12.5. The minimum atomic E-state index is -3.98. The molecule has 2 N–H and O–H groups in total. The molecule has 0 radical (unpaired) electrons. The van der Waals surface area contributed by atoms with E-state index in [9.17, 15) is 4.57 Å². The van der Waals surface area contributed by atoms with Crippen molar-refractivity contribution in [3.05, 3.63) is 61.2 Å². The van der Waals surface area contributed by atoms with Gasteiger partial charge in [0, 0.05) is 30.0 Å². The first-order valence-electron chi connectivity index (χ1n) is 8.41. The Hall–Kier alpha value is -2.07. The van der Waals surface area contributed by atoms with E-state index in [0.29, 0.717) is 6.54 Å². The van der Waals surface area contributed by atoms with Crippen LogP contribution >= 0.6 is 7.60 Å². The van der Waals surface area contributed by atoms with Crippen LogP contribution in [0.2, 0.25) is 0 Å². The number of nitrogens with zero attached hydrogens (tertiary/aromatic N) is 2. The van der Waals surface area contributed by atoms with Crippen molar-refractivity contribution in [3.8, 4) is 11.1 Å². The minimum absolute atomic E-state index is 0.154. The predicted octanol–water partition coefficient (Wildman–Crippen LogP) is 2.67. The van der Waals surface area contributed by atoms with Crippen molar-refractivity contribution in [1.82, 2.24) is 0 Å². The normalized spacial score (nSPS) is 11.8. The second-order valence-corrected chi connectivity index (χ2v) is 8.02. The van der Waals surface area contributed by atoms with Gasteiger partial charge in [0.05, 0.1) is 0 Å². The summed E-state index contributed by atoms with van der Waals surface area (Å²) in [6.45, 7) is 3.47. The molecule has 0 atom stereocenters. The third-order valence-corrected chi connectivity index (χ3v) is 4.98. The maximum atomic E-state index is 11.1. The monoisotopic (exact) mass is 358 g/mol. The number of aromatic nitrogens is 2. The third kappa shape index (κ3) is 4.73. The topological polar surface area (TPSA) is 65.3 Å². The van der Waals surface area contributed by atoms with E-state index >= 15 is 0 Å². The summed E-state index contributed by atoms with van der Waals surface area (Å²) < 4.78 is 15.1. The molecule has 0 aliphatic carbocycles. The summed E-state index contributed by atoms with van der Waals surface area (Å²) >= 11 is 0. The molecule has 0 aliphatic rings. The summed E-state index contributed by atoms with van der Waals surface area (Å²) in [5.41, 5.74) is 2.28. The average Bonchev–Trinajstić information content (AvgIpc) is 2.59. The fourth-order valence-corrected chi connectivity index (χ4v) is 3.35. The van der Waals surface area contributed by atoms with E-state index in [1.165, 1.54) is 0 Å². The minimum Gasteiger partial charge on any atom is -0.324 e. The molecule has 2 aromatic heterocycles. The maximum Gasteiger partial charge on any atom is 0.331 e. The molecule has 25 heavy (non-hydrogen) atoms. The molecule has 6 heteroatoms. The molecule has 0 fully saturated rings. The lowest BCUT2D eigenvalue weighted by atomic mass is 10.0. The fraction of sp³-hybridized carbons (Fsp3) is 0.263. The van der Waals surface area contributed by atoms with Crippen LogP contribution in [0.4, 0.5) is 0 Å². The van der Waals surface area contributed by atoms with Crippen LogP contribution < -0.4 is 9.13 Å². The SMILES string of the molecule is CCC[n+]1ccc(-c2ccc3cc[n+](CCP(=O)(O)O)cc3c2)cc1. The molecule has 130 valence electrons. The Balaban J connectivity index is 1.88. The molecular weight excluding hydrogens is 335 g/mol. The molecule has 0 saturated heterocycles. The van der Waals surface area contributed by atoms with Crippen LogP contribution in [-0.2, 0) is 17.7 Å². The van der Waals surface area contributed by atoms with Crippen LogP contribution in [0.3, 0.4) is 0 Å². The summed E-state index contributed by atoms with van der Waals surface area (Å²) in [5.74, 6) is 0. The number of pyridine rings is 2. The molecule has 0 spiro atoms. The fourth-order valence-electron chi connectivity index (χ4n) is 2.86. The van der Waals surface area contributed by atoms with Gasteiger partial charge in [-0.1, -0.05) is 19.1 Å². The van der Waals surface area contributed by atoms with Crippen LogP contribution in [-0.4, -0.2) is 15.9 Å². The van der Waals surface area contributed by atoms with Crippen LogP contribution in [0.1, 0.15) is 13.3 Å². The second-order valence-electron chi connectivity index (χ2n) is 6.24. The Morgan fingerprint density at radius 3 is 2.28 bits per heavy atom. The van der Waals surface area contributed by atoms with Crippen LogP contribution in [0.5, 0.6) is 0 Å². The van der Waals surface area contributed by atoms with E-state index < -0.39 is 7.60 Å². The Morgan fingerprint density at radius 2 is 1.60 bits per heavy atom. The highest BCUT2D eigenvalue weighted by Crippen LogP contribution is 2.33. The Kier molecular flexibility index (Phi) is 5.28. The van der Waals surface area contributed by atoms with E-state index in [1.54, 1.807) is 0 Å². The van der Waals surface area contributed by atoms with Gasteiger partial charge in [0.15, 0.2) is 31.3 Å². The lowest BCUT2D eigenvalue weighted by Gasteiger charge is -2.05. The van der Waals surface area contributed by atoms with Crippen LogP contribution in [0.25, 0.3) is 21.9 Å². The van der Waals surface area contributed by atoms with Gasteiger partial charge in [-0.2, -0.15) is 0 Å². The summed E-state index contributed by atoms with van der Waals surface area (Å²) in [5, 5.41) is 2.16. The Labute approximate surface area is 147 Å². The quantitative estimate of drug-likeness (QED) is 0.526. The number of rotatable bonds is 6. The maximum absolute atomic E-state index is 11.1. The molecule has 0 saturated carbocycles. The number of fused-ring (bicyclic) bond motifs is 1. The first-order chi connectivity index (χ1) is 11.9. The van der Waals surface area contributed by atoms with Crippen LogP contribution in [0.15, 0.2) is 61.2 Å². The largest absolute Gasteiger partial charge is 0.331 e. The van der Waals surface area contributed by atoms with E-state index in [4.69, 9.17) is 9.79 Å². The van der Waals surface area contributed by atoms with Crippen molar-refractivity contribution in [2.24, 2.45) is 0 Å². The number of benzene rings is 1. The lowest BCUT2D eigenvalue weighted by Crippen LogP contribution is -2.34. The van der Waals surface area contributed by atoms with Crippen molar-refractivity contribution >= 4 is 18.4 Å². The molecule has 3 aromatic rings. The van der Waals surface area contributed by atoms with E-state index in [1.807, 2.05) is 23.0 Å². The molecule has 5 nitrogen and oxygen atoms in total.